The average Bonchev–Trinajstić information content (AvgIpc) is 2.46. The van der Waals surface area contributed by atoms with Gasteiger partial charge < -0.3 is 10.2 Å². The number of halogens is 1. The molecule has 3 heteroatoms. The molecular formula is C10H10ClNO. The highest BCUT2D eigenvalue weighted by molar-refractivity contribution is 6.31. The van der Waals surface area contributed by atoms with E-state index < -0.39 is 0 Å². The van der Waals surface area contributed by atoms with Gasteiger partial charge in [0, 0.05) is 16.5 Å². The lowest BCUT2D eigenvalue weighted by Gasteiger charge is -1.96. The standard InChI is InChI=1S/C10H10ClNO/c1-6(12)9-4-7-2-3-8(11)5-10(7)13-9/h2-6H,12H2,1H3. The number of hydrogen-bond acceptors (Lipinski definition) is 2. The first-order valence-corrected chi connectivity index (χ1v) is 4.49. The molecule has 2 aromatic rings. The molecule has 1 aromatic carbocycles. The van der Waals surface area contributed by atoms with Crippen molar-refractivity contribution in [2.75, 3.05) is 0 Å². The third kappa shape index (κ3) is 1.55. The van der Waals surface area contributed by atoms with E-state index in [1.165, 1.54) is 0 Å². The lowest BCUT2D eigenvalue weighted by Crippen LogP contribution is -2.02. The van der Waals surface area contributed by atoms with E-state index in [2.05, 4.69) is 0 Å². The molecular weight excluding hydrogens is 186 g/mol. The van der Waals surface area contributed by atoms with Crippen molar-refractivity contribution >= 4 is 22.6 Å². The SMILES string of the molecule is CC(N)c1cc2ccc(Cl)cc2o1. The number of furan rings is 1. The van der Waals surface area contributed by atoms with Crippen LogP contribution in [0.5, 0.6) is 0 Å². The van der Waals surface area contributed by atoms with Crippen LogP contribution in [-0.4, -0.2) is 0 Å². The second kappa shape index (κ2) is 3.05. The monoisotopic (exact) mass is 195 g/mol. The minimum atomic E-state index is -0.0776. The van der Waals surface area contributed by atoms with Crippen molar-refractivity contribution < 1.29 is 4.42 Å². The molecule has 0 aliphatic rings. The lowest BCUT2D eigenvalue weighted by molar-refractivity contribution is 0.513. The van der Waals surface area contributed by atoms with Gasteiger partial charge in [-0.3, -0.25) is 0 Å². The first-order chi connectivity index (χ1) is 6.16. The molecule has 13 heavy (non-hydrogen) atoms. The fourth-order valence-corrected chi connectivity index (χ4v) is 1.41. The Morgan fingerprint density at radius 2 is 2.15 bits per heavy atom. The quantitative estimate of drug-likeness (QED) is 0.760. The number of nitrogens with two attached hydrogens (primary N) is 1. The van der Waals surface area contributed by atoms with Crippen LogP contribution in [0.4, 0.5) is 0 Å². The molecule has 0 aliphatic heterocycles. The van der Waals surface area contributed by atoms with Crippen molar-refractivity contribution in [3.05, 3.63) is 35.0 Å². The summed E-state index contributed by atoms with van der Waals surface area (Å²) in [5.41, 5.74) is 6.48. The molecule has 0 fully saturated rings. The average molecular weight is 196 g/mol. The van der Waals surface area contributed by atoms with Gasteiger partial charge in [-0.2, -0.15) is 0 Å². The largest absolute Gasteiger partial charge is 0.459 e. The van der Waals surface area contributed by atoms with Gasteiger partial charge in [-0.05, 0) is 25.1 Å². The van der Waals surface area contributed by atoms with Crippen LogP contribution in [0.3, 0.4) is 0 Å². The van der Waals surface area contributed by atoms with E-state index in [0.717, 1.165) is 16.7 Å². The molecule has 2 rings (SSSR count). The van der Waals surface area contributed by atoms with E-state index >= 15 is 0 Å². The molecule has 0 saturated carbocycles. The van der Waals surface area contributed by atoms with Gasteiger partial charge >= 0.3 is 0 Å². The van der Waals surface area contributed by atoms with Crippen LogP contribution in [0.1, 0.15) is 18.7 Å². The molecule has 1 unspecified atom stereocenters. The number of fused-ring (bicyclic) bond motifs is 1. The highest BCUT2D eigenvalue weighted by Crippen LogP contribution is 2.25. The van der Waals surface area contributed by atoms with Gasteiger partial charge in [0.2, 0.25) is 0 Å². The molecule has 0 spiro atoms. The molecule has 0 aliphatic carbocycles. The van der Waals surface area contributed by atoms with Gasteiger partial charge in [0.25, 0.3) is 0 Å². The summed E-state index contributed by atoms with van der Waals surface area (Å²) >= 11 is 5.82. The van der Waals surface area contributed by atoms with Gasteiger partial charge in [0.15, 0.2) is 0 Å². The van der Waals surface area contributed by atoms with E-state index in [9.17, 15) is 0 Å². The maximum Gasteiger partial charge on any atom is 0.135 e. The van der Waals surface area contributed by atoms with Gasteiger partial charge in [0.05, 0.1) is 6.04 Å². The summed E-state index contributed by atoms with van der Waals surface area (Å²) in [6, 6.07) is 7.42. The lowest BCUT2D eigenvalue weighted by atomic mass is 10.2. The van der Waals surface area contributed by atoms with Gasteiger partial charge in [-0.15, -0.1) is 0 Å². The zero-order valence-corrected chi connectivity index (χ0v) is 8.01. The van der Waals surface area contributed by atoms with Crippen LogP contribution >= 0.6 is 11.6 Å². The van der Waals surface area contributed by atoms with Crippen LogP contribution < -0.4 is 5.73 Å². The summed E-state index contributed by atoms with van der Waals surface area (Å²) in [6.45, 7) is 1.89. The maximum absolute atomic E-state index is 5.82. The van der Waals surface area contributed by atoms with Crippen molar-refractivity contribution in [2.24, 2.45) is 5.73 Å². The molecule has 1 heterocycles. The van der Waals surface area contributed by atoms with Gasteiger partial charge in [-0.25, -0.2) is 0 Å². The summed E-state index contributed by atoms with van der Waals surface area (Å²) in [7, 11) is 0. The van der Waals surface area contributed by atoms with Crippen molar-refractivity contribution in [1.82, 2.24) is 0 Å². The number of rotatable bonds is 1. The Bertz CT molecular complexity index is 433. The molecule has 2 nitrogen and oxygen atoms in total. The first kappa shape index (κ1) is 8.60. The fraction of sp³-hybridized carbons (Fsp3) is 0.200. The van der Waals surface area contributed by atoms with E-state index in [4.69, 9.17) is 21.8 Å². The van der Waals surface area contributed by atoms with Crippen molar-refractivity contribution in [2.45, 2.75) is 13.0 Å². The molecule has 0 amide bonds. The predicted molar refractivity (Wildman–Crippen MR) is 53.8 cm³/mol. The Morgan fingerprint density at radius 3 is 2.85 bits per heavy atom. The summed E-state index contributed by atoms with van der Waals surface area (Å²) in [4.78, 5) is 0. The third-order valence-corrected chi connectivity index (χ3v) is 2.19. The topological polar surface area (TPSA) is 39.2 Å². The fourth-order valence-electron chi connectivity index (χ4n) is 1.25. The molecule has 0 radical (unpaired) electrons. The minimum absolute atomic E-state index is 0.0776. The summed E-state index contributed by atoms with van der Waals surface area (Å²) in [6.07, 6.45) is 0. The molecule has 1 aromatic heterocycles. The molecule has 1 atom stereocenters. The zero-order chi connectivity index (χ0) is 9.42. The molecule has 0 bridgehead atoms. The summed E-state index contributed by atoms with van der Waals surface area (Å²) in [5.74, 6) is 0.789. The van der Waals surface area contributed by atoms with Gasteiger partial charge in [0.1, 0.15) is 11.3 Å². The Balaban J connectivity index is 2.62. The van der Waals surface area contributed by atoms with Crippen LogP contribution in [0.25, 0.3) is 11.0 Å². The summed E-state index contributed by atoms with van der Waals surface area (Å²) in [5, 5.41) is 1.72. The highest BCUT2D eigenvalue weighted by atomic mass is 35.5. The van der Waals surface area contributed by atoms with Crippen LogP contribution in [0.15, 0.2) is 28.7 Å². The predicted octanol–water partition coefficient (Wildman–Crippen LogP) is 3.11. The van der Waals surface area contributed by atoms with Crippen molar-refractivity contribution in [1.29, 1.82) is 0 Å². The Kier molecular flexibility index (Phi) is 2.02. The zero-order valence-electron chi connectivity index (χ0n) is 7.25. The normalized spacial score (nSPS) is 13.5. The Labute approximate surface area is 81.3 Å². The maximum atomic E-state index is 5.82. The van der Waals surface area contributed by atoms with E-state index in [1.54, 1.807) is 6.07 Å². The van der Waals surface area contributed by atoms with Crippen molar-refractivity contribution in [3.8, 4) is 0 Å². The Hall–Kier alpha value is -0.990. The molecule has 68 valence electrons. The smallest absolute Gasteiger partial charge is 0.135 e. The van der Waals surface area contributed by atoms with E-state index in [0.29, 0.717) is 5.02 Å². The minimum Gasteiger partial charge on any atom is -0.459 e. The van der Waals surface area contributed by atoms with Crippen LogP contribution in [0.2, 0.25) is 5.02 Å². The molecule has 2 N–H and O–H groups in total. The number of hydrogen-bond donors (Lipinski definition) is 1. The first-order valence-electron chi connectivity index (χ1n) is 4.11. The van der Waals surface area contributed by atoms with E-state index in [-0.39, 0.29) is 6.04 Å². The molecule has 0 saturated heterocycles. The number of benzene rings is 1. The summed E-state index contributed by atoms with van der Waals surface area (Å²) < 4.78 is 5.50. The Morgan fingerprint density at radius 1 is 1.38 bits per heavy atom. The second-order valence-electron chi connectivity index (χ2n) is 3.12. The second-order valence-corrected chi connectivity index (χ2v) is 3.56. The van der Waals surface area contributed by atoms with Crippen LogP contribution in [0, 0.1) is 0 Å². The van der Waals surface area contributed by atoms with Gasteiger partial charge in [-0.1, -0.05) is 11.6 Å². The third-order valence-electron chi connectivity index (χ3n) is 1.95. The highest BCUT2D eigenvalue weighted by Gasteiger charge is 2.07. The van der Waals surface area contributed by atoms with Crippen molar-refractivity contribution in [3.63, 3.8) is 0 Å². The van der Waals surface area contributed by atoms with E-state index in [1.807, 2.05) is 25.1 Å². The van der Waals surface area contributed by atoms with Crippen LogP contribution in [-0.2, 0) is 0 Å².